The van der Waals surface area contributed by atoms with Crippen molar-refractivity contribution in [1.82, 2.24) is 0 Å². The van der Waals surface area contributed by atoms with Crippen molar-refractivity contribution in [2.75, 3.05) is 10.6 Å². The predicted molar refractivity (Wildman–Crippen MR) is 150 cm³/mol. The van der Waals surface area contributed by atoms with Crippen LogP contribution in [0.15, 0.2) is 36.4 Å². The highest BCUT2D eigenvalue weighted by atomic mass is 19.4. The van der Waals surface area contributed by atoms with E-state index in [1.165, 1.54) is 0 Å². The lowest BCUT2D eigenvalue weighted by molar-refractivity contribution is -0.155. The van der Waals surface area contributed by atoms with Crippen molar-refractivity contribution in [2.45, 2.75) is 50.9 Å². The molecule has 2 N–H and O–H groups in total. The zero-order chi connectivity index (χ0) is 34.7. The Morgan fingerprint density at radius 3 is 1.27 bits per heavy atom. The van der Waals surface area contributed by atoms with Crippen molar-refractivity contribution in [1.29, 1.82) is 0 Å². The second kappa shape index (κ2) is 12.0. The summed E-state index contributed by atoms with van der Waals surface area (Å²) in [6, 6.07) is 4.66. The average molecular weight is 681 g/mol. The first-order chi connectivity index (χ1) is 22.5. The van der Waals surface area contributed by atoms with Crippen LogP contribution in [0.4, 0.5) is 37.7 Å². The number of amides is 2. The Morgan fingerprint density at radius 1 is 0.562 bits per heavy atom. The number of benzene rings is 2. The molecule has 0 aromatic heterocycles. The van der Waals surface area contributed by atoms with Gasteiger partial charge in [0.2, 0.25) is 11.8 Å². The lowest BCUT2D eigenvalue weighted by Gasteiger charge is -2.27. The summed E-state index contributed by atoms with van der Waals surface area (Å²) in [7, 11) is 0. The fourth-order valence-corrected chi connectivity index (χ4v) is 7.08. The third-order valence-corrected chi connectivity index (χ3v) is 9.53. The maximum atomic E-state index is 14.3. The number of hydrogen-bond acceptors (Lipinski definition) is 8. The van der Waals surface area contributed by atoms with E-state index in [0.29, 0.717) is 12.1 Å². The van der Waals surface area contributed by atoms with E-state index in [4.69, 9.17) is 0 Å². The lowest BCUT2D eigenvalue weighted by atomic mass is 9.75. The van der Waals surface area contributed by atoms with Gasteiger partial charge in [-0.15, -0.1) is 0 Å². The molecule has 2 aliphatic carbocycles. The summed E-state index contributed by atoms with van der Waals surface area (Å²) in [5, 5.41) is 4.68. The van der Waals surface area contributed by atoms with Crippen LogP contribution in [-0.4, -0.2) is 35.7 Å². The number of halogens is 6. The summed E-state index contributed by atoms with van der Waals surface area (Å²) >= 11 is 0. The van der Waals surface area contributed by atoms with Gasteiger partial charge < -0.3 is 20.1 Å². The minimum absolute atomic E-state index is 0.0445. The smallest absolute Gasteiger partial charge is 0.393 e. The SMILES string of the molecule is O=C(Nc1ccc(-c2ccc(NC(=O)C3CCC4C(=O)OC(=O)C4C3)cc2C(F)(F)F)c(C(F)(F)F)c1)C1CCC2C(=O)OC(=O)C2C1. The fraction of sp³-hybridized carbons (Fsp3) is 0.438. The van der Waals surface area contributed by atoms with Gasteiger partial charge in [0.1, 0.15) is 0 Å². The second-order valence-corrected chi connectivity index (χ2v) is 12.4. The van der Waals surface area contributed by atoms with Gasteiger partial charge in [0.15, 0.2) is 0 Å². The zero-order valence-corrected chi connectivity index (χ0v) is 24.7. The molecule has 2 aliphatic heterocycles. The highest BCUT2D eigenvalue weighted by Gasteiger charge is 2.50. The molecule has 0 spiro atoms. The van der Waals surface area contributed by atoms with Crippen LogP contribution in [0.1, 0.15) is 49.7 Å². The third kappa shape index (κ3) is 6.27. The number of nitrogens with one attached hydrogen (secondary N) is 2. The van der Waals surface area contributed by atoms with Crippen molar-refractivity contribution >= 4 is 47.1 Å². The van der Waals surface area contributed by atoms with E-state index in [2.05, 4.69) is 20.1 Å². The Morgan fingerprint density at radius 2 is 0.917 bits per heavy atom. The maximum absolute atomic E-state index is 14.3. The van der Waals surface area contributed by atoms with E-state index in [9.17, 15) is 55.1 Å². The van der Waals surface area contributed by atoms with Gasteiger partial charge in [0.25, 0.3) is 0 Å². The highest BCUT2D eigenvalue weighted by molar-refractivity contribution is 5.99. The molecule has 6 rings (SSSR count). The molecular weight excluding hydrogens is 654 g/mol. The van der Waals surface area contributed by atoms with Gasteiger partial charge in [-0.3, -0.25) is 28.8 Å². The minimum atomic E-state index is -5.15. The van der Waals surface area contributed by atoms with E-state index >= 15 is 0 Å². The number of hydrogen-bond donors (Lipinski definition) is 2. The number of rotatable bonds is 5. The molecule has 2 saturated carbocycles. The molecule has 0 bridgehead atoms. The van der Waals surface area contributed by atoms with Crippen LogP contribution in [-0.2, 0) is 50.6 Å². The predicted octanol–water partition coefficient (Wildman–Crippen LogP) is 5.50. The second-order valence-electron chi connectivity index (χ2n) is 12.4. The van der Waals surface area contributed by atoms with Crippen LogP contribution < -0.4 is 10.6 Å². The monoisotopic (exact) mass is 680 g/mol. The molecule has 2 amide bonds. The molecule has 6 atom stereocenters. The van der Waals surface area contributed by atoms with Crippen molar-refractivity contribution in [3.63, 3.8) is 0 Å². The normalized spacial score (nSPS) is 27.1. The van der Waals surface area contributed by atoms with Crippen LogP contribution in [0, 0.1) is 35.5 Å². The van der Waals surface area contributed by atoms with Gasteiger partial charge in [-0.25, -0.2) is 0 Å². The van der Waals surface area contributed by atoms with Crippen molar-refractivity contribution in [3.05, 3.63) is 47.5 Å². The molecule has 2 heterocycles. The van der Waals surface area contributed by atoms with E-state index < -0.39 is 106 Å². The number of cyclic esters (lactones) is 4. The molecule has 0 radical (unpaired) electrons. The Labute approximate surface area is 267 Å². The Hall–Kier alpha value is -4.76. The zero-order valence-electron chi connectivity index (χ0n) is 24.7. The topological polar surface area (TPSA) is 145 Å². The molecule has 2 saturated heterocycles. The van der Waals surface area contributed by atoms with Crippen molar-refractivity contribution in [3.8, 4) is 11.1 Å². The number of esters is 4. The minimum Gasteiger partial charge on any atom is -0.393 e. The molecule has 4 aliphatic rings. The van der Waals surface area contributed by atoms with Gasteiger partial charge in [0, 0.05) is 23.2 Å². The number of carbonyl (C=O) groups is 6. The van der Waals surface area contributed by atoms with Crippen LogP contribution in [0.5, 0.6) is 0 Å². The summed E-state index contributed by atoms with van der Waals surface area (Å²) in [5.74, 6) is -9.00. The molecule has 2 aromatic carbocycles. The summed E-state index contributed by atoms with van der Waals surface area (Å²) in [6.45, 7) is 0. The molecule has 10 nitrogen and oxygen atoms in total. The van der Waals surface area contributed by atoms with Crippen LogP contribution >= 0.6 is 0 Å². The largest absolute Gasteiger partial charge is 0.417 e. The Bertz CT molecular complexity index is 1610. The van der Waals surface area contributed by atoms with Gasteiger partial charge in [-0.2, -0.15) is 26.3 Å². The van der Waals surface area contributed by atoms with Gasteiger partial charge in [-0.1, -0.05) is 12.1 Å². The van der Waals surface area contributed by atoms with Crippen LogP contribution in [0.3, 0.4) is 0 Å². The quantitative estimate of drug-likeness (QED) is 0.239. The molecule has 6 unspecified atom stereocenters. The van der Waals surface area contributed by atoms with E-state index in [1.807, 2.05) is 0 Å². The summed E-state index contributed by atoms with van der Waals surface area (Å²) in [4.78, 5) is 73.3. The van der Waals surface area contributed by atoms with E-state index in [1.54, 1.807) is 0 Å². The molecule has 4 fully saturated rings. The summed E-state index contributed by atoms with van der Waals surface area (Å²) < 4.78 is 94.9. The number of fused-ring (bicyclic) bond motifs is 2. The van der Waals surface area contributed by atoms with E-state index in [-0.39, 0.29) is 49.9 Å². The molecule has 2 aromatic rings. The van der Waals surface area contributed by atoms with Crippen LogP contribution in [0.2, 0.25) is 0 Å². The molecule has 254 valence electrons. The average Bonchev–Trinajstić information content (AvgIpc) is 3.48. The van der Waals surface area contributed by atoms with Crippen molar-refractivity contribution in [2.24, 2.45) is 35.5 Å². The first-order valence-corrected chi connectivity index (χ1v) is 15.1. The standard InChI is InChI=1S/C32H26F6N2O8/c33-31(34,35)23-11-15(39-25(41)13-1-5-19-21(9-13)29(45)47-27(19)43)3-7-17(23)18-8-4-16(12-24(18)32(36,37)38)40-26(42)14-2-6-20-22(10-14)30(46)48-28(20)44/h3-4,7-8,11-14,19-22H,1-2,5-6,9-10H2,(H,39,41)(H,40,42). The van der Waals surface area contributed by atoms with Gasteiger partial charge in [0.05, 0.1) is 34.8 Å². The molecule has 16 heteroatoms. The number of ether oxygens (including phenoxy) is 2. The summed E-state index contributed by atoms with van der Waals surface area (Å²) in [5.41, 5.74) is -5.29. The van der Waals surface area contributed by atoms with Crippen LogP contribution in [0.25, 0.3) is 11.1 Å². The highest BCUT2D eigenvalue weighted by Crippen LogP contribution is 2.46. The summed E-state index contributed by atoms with van der Waals surface area (Å²) in [6.07, 6.45) is -9.70. The Kier molecular flexibility index (Phi) is 8.32. The third-order valence-electron chi connectivity index (χ3n) is 9.53. The lowest BCUT2D eigenvalue weighted by Crippen LogP contribution is -2.33. The van der Waals surface area contributed by atoms with Crippen molar-refractivity contribution < 1.29 is 64.6 Å². The van der Waals surface area contributed by atoms with Gasteiger partial charge in [-0.05, 0) is 73.9 Å². The fourth-order valence-electron chi connectivity index (χ4n) is 7.08. The first-order valence-electron chi connectivity index (χ1n) is 15.1. The Balaban J connectivity index is 1.23. The first kappa shape index (κ1) is 33.2. The number of alkyl halides is 6. The maximum Gasteiger partial charge on any atom is 0.417 e. The molecular formula is C32H26F6N2O8. The number of anilines is 2. The van der Waals surface area contributed by atoms with E-state index in [0.717, 1.165) is 24.3 Å². The number of carbonyl (C=O) groups excluding carboxylic acids is 6. The molecule has 48 heavy (non-hydrogen) atoms. The van der Waals surface area contributed by atoms with Gasteiger partial charge >= 0.3 is 36.2 Å².